The van der Waals surface area contributed by atoms with E-state index in [4.69, 9.17) is 27.9 Å². The maximum absolute atomic E-state index is 6.23. The van der Waals surface area contributed by atoms with E-state index in [0.29, 0.717) is 12.0 Å². The lowest BCUT2D eigenvalue weighted by molar-refractivity contribution is 0.0327. The highest BCUT2D eigenvalue weighted by atomic mass is 35.5. The molecule has 0 aliphatic carbocycles. The molecule has 0 bridgehead atoms. The summed E-state index contributed by atoms with van der Waals surface area (Å²) < 4.78 is 5.58. The van der Waals surface area contributed by atoms with Gasteiger partial charge in [-0.2, -0.15) is 0 Å². The van der Waals surface area contributed by atoms with Crippen LogP contribution < -0.4 is 5.32 Å². The topological polar surface area (TPSA) is 21.3 Å². The lowest BCUT2D eigenvalue weighted by atomic mass is 9.89. The van der Waals surface area contributed by atoms with Gasteiger partial charge in [0, 0.05) is 28.6 Å². The second-order valence-corrected chi connectivity index (χ2v) is 5.51. The Morgan fingerprint density at radius 2 is 2.06 bits per heavy atom. The molecule has 0 amide bonds. The fraction of sp³-hybridized carbons (Fsp3) is 0.571. The van der Waals surface area contributed by atoms with Crippen molar-refractivity contribution < 1.29 is 4.74 Å². The Hall–Kier alpha value is -0.280. The van der Waals surface area contributed by atoms with Crippen molar-refractivity contribution in [2.75, 3.05) is 19.8 Å². The second kappa shape index (κ2) is 6.76. The minimum absolute atomic E-state index is 0.441. The molecular weight excluding hydrogens is 269 g/mol. The van der Waals surface area contributed by atoms with Gasteiger partial charge in [-0.25, -0.2) is 0 Å². The van der Waals surface area contributed by atoms with Crippen molar-refractivity contribution in [3.05, 3.63) is 33.8 Å². The van der Waals surface area contributed by atoms with E-state index in [2.05, 4.69) is 12.2 Å². The summed E-state index contributed by atoms with van der Waals surface area (Å²) in [5.41, 5.74) is 1.04. The highest BCUT2D eigenvalue weighted by Gasteiger charge is 2.26. The maximum Gasteiger partial charge on any atom is 0.0512 e. The molecule has 1 saturated heterocycles. The number of rotatable bonds is 4. The normalized spacial score (nSPS) is 24.2. The van der Waals surface area contributed by atoms with Crippen LogP contribution in [-0.4, -0.2) is 25.8 Å². The van der Waals surface area contributed by atoms with E-state index >= 15 is 0 Å². The van der Waals surface area contributed by atoms with Crippen LogP contribution in [0.5, 0.6) is 0 Å². The van der Waals surface area contributed by atoms with Crippen molar-refractivity contribution in [1.29, 1.82) is 0 Å². The molecule has 1 aromatic rings. The van der Waals surface area contributed by atoms with Gasteiger partial charge in [-0.15, -0.1) is 0 Å². The van der Waals surface area contributed by atoms with Crippen LogP contribution in [0, 0.1) is 5.92 Å². The average molecular weight is 288 g/mol. The fourth-order valence-corrected chi connectivity index (χ4v) is 3.07. The maximum atomic E-state index is 6.23. The Balaban J connectivity index is 2.11. The summed E-state index contributed by atoms with van der Waals surface area (Å²) in [5, 5.41) is 5.03. The van der Waals surface area contributed by atoms with Gasteiger partial charge in [0.2, 0.25) is 0 Å². The molecule has 1 aromatic carbocycles. The summed E-state index contributed by atoms with van der Waals surface area (Å²) in [5.74, 6) is 0.441. The van der Waals surface area contributed by atoms with Gasteiger partial charge in [0.05, 0.1) is 6.61 Å². The summed E-state index contributed by atoms with van der Waals surface area (Å²) in [6, 6.07) is 6.17. The summed E-state index contributed by atoms with van der Waals surface area (Å²) >= 11 is 12.5. The Bertz CT molecular complexity index is 375. The molecule has 18 heavy (non-hydrogen) atoms. The molecule has 1 N–H and O–H groups in total. The standard InChI is InChI=1S/C14H19Cl2NO/c1-2-17-14-6-7-18-9-10(14)8-11-12(15)4-3-5-13(11)16/h3-5,10,14,17H,2,6-9H2,1H3/t10-,14-/m1/s1. The number of hydrogen-bond donors (Lipinski definition) is 1. The van der Waals surface area contributed by atoms with Crippen molar-refractivity contribution in [3.63, 3.8) is 0 Å². The molecule has 2 nitrogen and oxygen atoms in total. The van der Waals surface area contributed by atoms with E-state index in [1.165, 1.54) is 0 Å². The summed E-state index contributed by atoms with van der Waals surface area (Å²) in [6.45, 7) is 4.73. The fourth-order valence-electron chi connectivity index (χ4n) is 2.52. The summed E-state index contributed by atoms with van der Waals surface area (Å²) in [7, 11) is 0. The number of hydrogen-bond acceptors (Lipinski definition) is 2. The third kappa shape index (κ3) is 3.39. The van der Waals surface area contributed by atoms with Crippen LogP contribution in [0.1, 0.15) is 18.9 Å². The van der Waals surface area contributed by atoms with Crippen LogP contribution in [0.4, 0.5) is 0 Å². The van der Waals surface area contributed by atoms with Gasteiger partial charge in [-0.1, -0.05) is 36.2 Å². The monoisotopic (exact) mass is 287 g/mol. The second-order valence-electron chi connectivity index (χ2n) is 4.69. The van der Waals surface area contributed by atoms with Gasteiger partial charge in [-0.05, 0) is 37.1 Å². The van der Waals surface area contributed by atoms with Crippen LogP contribution in [0.15, 0.2) is 18.2 Å². The highest BCUT2D eigenvalue weighted by molar-refractivity contribution is 6.35. The molecule has 1 heterocycles. The molecule has 100 valence electrons. The number of ether oxygens (including phenoxy) is 1. The van der Waals surface area contributed by atoms with Crippen LogP contribution >= 0.6 is 23.2 Å². The lowest BCUT2D eigenvalue weighted by Gasteiger charge is -2.32. The van der Waals surface area contributed by atoms with Gasteiger partial charge in [-0.3, -0.25) is 0 Å². The highest BCUT2D eigenvalue weighted by Crippen LogP contribution is 2.29. The van der Waals surface area contributed by atoms with Crippen LogP contribution in [-0.2, 0) is 11.2 Å². The largest absolute Gasteiger partial charge is 0.381 e. The molecule has 4 heteroatoms. The van der Waals surface area contributed by atoms with E-state index < -0.39 is 0 Å². The molecule has 0 aromatic heterocycles. The van der Waals surface area contributed by atoms with E-state index in [0.717, 1.165) is 48.2 Å². The SMILES string of the molecule is CCN[C@@H]1CCOC[C@H]1Cc1c(Cl)cccc1Cl. The zero-order valence-electron chi connectivity index (χ0n) is 10.6. The van der Waals surface area contributed by atoms with Crippen molar-refractivity contribution in [3.8, 4) is 0 Å². The van der Waals surface area contributed by atoms with Crippen molar-refractivity contribution in [1.82, 2.24) is 5.32 Å². The quantitative estimate of drug-likeness (QED) is 0.914. The molecule has 2 rings (SSSR count). The molecule has 1 aliphatic rings. The van der Waals surface area contributed by atoms with Gasteiger partial charge in [0.1, 0.15) is 0 Å². The Morgan fingerprint density at radius 3 is 2.72 bits per heavy atom. The number of nitrogens with one attached hydrogen (secondary N) is 1. The van der Waals surface area contributed by atoms with Crippen LogP contribution in [0.25, 0.3) is 0 Å². The van der Waals surface area contributed by atoms with E-state index in [9.17, 15) is 0 Å². The first-order valence-electron chi connectivity index (χ1n) is 6.46. The molecule has 0 unspecified atom stereocenters. The summed E-state index contributed by atoms with van der Waals surface area (Å²) in [6.07, 6.45) is 1.93. The molecule has 0 radical (unpaired) electrons. The van der Waals surface area contributed by atoms with Gasteiger partial charge < -0.3 is 10.1 Å². The first kappa shape index (κ1) is 14.1. The zero-order valence-corrected chi connectivity index (χ0v) is 12.1. The lowest BCUT2D eigenvalue weighted by Crippen LogP contribution is -2.43. The van der Waals surface area contributed by atoms with Gasteiger partial charge in [0.25, 0.3) is 0 Å². The average Bonchev–Trinajstić information content (AvgIpc) is 2.36. The van der Waals surface area contributed by atoms with Crippen LogP contribution in [0.2, 0.25) is 10.0 Å². The van der Waals surface area contributed by atoms with Crippen molar-refractivity contribution >= 4 is 23.2 Å². The zero-order chi connectivity index (χ0) is 13.0. The van der Waals surface area contributed by atoms with Gasteiger partial charge in [0.15, 0.2) is 0 Å². The summed E-state index contributed by atoms with van der Waals surface area (Å²) in [4.78, 5) is 0. The molecule has 1 fully saturated rings. The third-order valence-electron chi connectivity index (χ3n) is 3.47. The number of benzene rings is 1. The van der Waals surface area contributed by atoms with E-state index in [-0.39, 0.29) is 0 Å². The third-order valence-corrected chi connectivity index (χ3v) is 4.18. The molecule has 2 atom stereocenters. The Morgan fingerprint density at radius 1 is 1.33 bits per heavy atom. The van der Waals surface area contributed by atoms with Crippen molar-refractivity contribution in [2.45, 2.75) is 25.8 Å². The van der Waals surface area contributed by atoms with E-state index in [1.54, 1.807) is 0 Å². The minimum Gasteiger partial charge on any atom is -0.381 e. The molecule has 0 spiro atoms. The first-order valence-corrected chi connectivity index (χ1v) is 7.22. The van der Waals surface area contributed by atoms with Gasteiger partial charge >= 0.3 is 0 Å². The Labute approximate surface area is 119 Å². The Kier molecular flexibility index (Phi) is 5.31. The molecule has 1 aliphatic heterocycles. The van der Waals surface area contributed by atoms with Crippen LogP contribution in [0.3, 0.4) is 0 Å². The predicted octanol–water partition coefficient (Wildman–Crippen LogP) is 3.55. The molecule has 0 saturated carbocycles. The minimum atomic E-state index is 0.441. The predicted molar refractivity (Wildman–Crippen MR) is 76.6 cm³/mol. The number of halogens is 2. The first-order chi connectivity index (χ1) is 8.72. The van der Waals surface area contributed by atoms with Crippen molar-refractivity contribution in [2.24, 2.45) is 5.92 Å². The molecular formula is C14H19Cl2NO. The van der Waals surface area contributed by atoms with E-state index in [1.807, 2.05) is 18.2 Å². The smallest absolute Gasteiger partial charge is 0.0512 e.